The van der Waals surface area contributed by atoms with Gasteiger partial charge in [0.2, 0.25) is 5.12 Å². The fourth-order valence-corrected chi connectivity index (χ4v) is 2.89. The van der Waals surface area contributed by atoms with Crippen LogP contribution >= 0.6 is 11.8 Å². The van der Waals surface area contributed by atoms with Gasteiger partial charge in [-0.3, -0.25) is 4.79 Å². The molecule has 2 aromatic rings. The van der Waals surface area contributed by atoms with E-state index in [1.54, 1.807) is 0 Å². The van der Waals surface area contributed by atoms with Crippen molar-refractivity contribution in [3.63, 3.8) is 0 Å². The third-order valence-electron chi connectivity index (χ3n) is 3.50. The van der Waals surface area contributed by atoms with Crippen molar-refractivity contribution in [1.29, 1.82) is 0 Å². The molecule has 0 bridgehead atoms. The van der Waals surface area contributed by atoms with Gasteiger partial charge in [-0.2, -0.15) is 0 Å². The first-order valence-corrected chi connectivity index (χ1v) is 7.57. The predicted octanol–water partition coefficient (Wildman–Crippen LogP) is 4.03. The van der Waals surface area contributed by atoms with E-state index in [4.69, 9.17) is 0 Å². The maximum atomic E-state index is 12.0. The highest BCUT2D eigenvalue weighted by Gasteiger charge is 2.18. The van der Waals surface area contributed by atoms with Crippen molar-refractivity contribution >= 4 is 28.3 Å². The molecule has 0 saturated carbocycles. The Balaban J connectivity index is 2.12. The maximum Gasteiger partial charge on any atom is 0.221 e. The van der Waals surface area contributed by atoms with E-state index >= 15 is 0 Å². The minimum Gasteiger partial charge on any atom is -0.354 e. The summed E-state index contributed by atoms with van der Waals surface area (Å²) >= 11 is 1.26. The summed E-state index contributed by atoms with van der Waals surface area (Å²) in [5.41, 5.74) is 5.40. The second-order valence-corrected chi connectivity index (χ2v) is 5.39. The van der Waals surface area contributed by atoms with Crippen LogP contribution in [0.5, 0.6) is 0 Å². The van der Waals surface area contributed by atoms with Gasteiger partial charge in [-0.05, 0) is 42.4 Å². The molecule has 0 atom stereocenters. The molecule has 0 fully saturated rings. The number of rotatable bonds is 1. The van der Waals surface area contributed by atoms with Crippen molar-refractivity contribution in [2.24, 2.45) is 0 Å². The number of fused-ring (bicyclic) bond motifs is 2. The van der Waals surface area contributed by atoms with E-state index in [0.29, 0.717) is 0 Å². The SMILES string of the molecule is CSC(=O)c1cccc2c1Nc1ccccc1CC2. The molecule has 3 heteroatoms. The molecule has 0 unspecified atom stereocenters. The molecule has 0 saturated heterocycles. The number of carbonyl (C=O) groups is 1. The van der Waals surface area contributed by atoms with Gasteiger partial charge in [0.05, 0.1) is 11.3 Å². The lowest BCUT2D eigenvalue weighted by Gasteiger charge is -2.13. The van der Waals surface area contributed by atoms with Crippen molar-refractivity contribution in [1.82, 2.24) is 0 Å². The molecule has 0 radical (unpaired) electrons. The predicted molar refractivity (Wildman–Crippen MR) is 81.4 cm³/mol. The highest BCUT2D eigenvalue weighted by Crippen LogP contribution is 2.33. The quantitative estimate of drug-likeness (QED) is 0.847. The fraction of sp³-hybridized carbons (Fsp3) is 0.188. The number of thioether (sulfide) groups is 1. The standard InChI is InChI=1S/C16H15NOS/c1-19-16(18)13-7-4-6-12-10-9-11-5-2-3-8-14(11)17-15(12)13/h2-8,17H,9-10H2,1H3. The summed E-state index contributed by atoms with van der Waals surface area (Å²) < 4.78 is 0. The van der Waals surface area contributed by atoms with Crippen LogP contribution in [0.1, 0.15) is 21.5 Å². The number of carbonyl (C=O) groups excluding carboxylic acids is 1. The number of anilines is 2. The van der Waals surface area contributed by atoms with Crippen molar-refractivity contribution in [2.45, 2.75) is 12.8 Å². The van der Waals surface area contributed by atoms with Crippen LogP contribution in [-0.2, 0) is 12.8 Å². The highest BCUT2D eigenvalue weighted by atomic mass is 32.2. The van der Waals surface area contributed by atoms with E-state index in [0.717, 1.165) is 29.8 Å². The average molecular weight is 269 g/mol. The van der Waals surface area contributed by atoms with Crippen LogP contribution in [0.15, 0.2) is 42.5 Å². The molecule has 1 heterocycles. The topological polar surface area (TPSA) is 29.1 Å². The zero-order valence-electron chi connectivity index (χ0n) is 10.8. The first-order valence-electron chi connectivity index (χ1n) is 6.34. The van der Waals surface area contributed by atoms with Gasteiger partial charge in [-0.1, -0.05) is 42.1 Å². The van der Waals surface area contributed by atoms with Gasteiger partial charge < -0.3 is 5.32 Å². The molecule has 1 N–H and O–H groups in total. The van der Waals surface area contributed by atoms with E-state index in [9.17, 15) is 4.79 Å². The number of hydrogen-bond donors (Lipinski definition) is 1. The molecule has 2 aromatic carbocycles. The van der Waals surface area contributed by atoms with Gasteiger partial charge in [-0.15, -0.1) is 0 Å². The Hall–Kier alpha value is -1.74. The Bertz CT molecular complexity index is 636. The van der Waals surface area contributed by atoms with Crippen molar-refractivity contribution in [2.75, 3.05) is 11.6 Å². The largest absolute Gasteiger partial charge is 0.354 e. The van der Waals surface area contributed by atoms with Crippen LogP contribution in [0, 0.1) is 0 Å². The number of benzene rings is 2. The molecule has 0 amide bonds. The molecule has 0 spiro atoms. The third-order valence-corrected chi connectivity index (χ3v) is 4.09. The van der Waals surface area contributed by atoms with Crippen molar-refractivity contribution < 1.29 is 4.79 Å². The monoisotopic (exact) mass is 269 g/mol. The molecule has 96 valence electrons. The van der Waals surface area contributed by atoms with Gasteiger partial charge in [-0.25, -0.2) is 0 Å². The smallest absolute Gasteiger partial charge is 0.221 e. The van der Waals surface area contributed by atoms with Crippen LogP contribution in [0.4, 0.5) is 11.4 Å². The molecular formula is C16H15NOS. The normalized spacial score (nSPS) is 12.9. The lowest BCUT2D eigenvalue weighted by molar-refractivity contribution is 0.109. The zero-order chi connectivity index (χ0) is 13.2. The van der Waals surface area contributed by atoms with Gasteiger partial charge in [0.1, 0.15) is 0 Å². The van der Waals surface area contributed by atoms with Gasteiger partial charge >= 0.3 is 0 Å². The van der Waals surface area contributed by atoms with Gasteiger partial charge in [0.15, 0.2) is 0 Å². The average Bonchev–Trinajstić information content (AvgIpc) is 2.65. The zero-order valence-corrected chi connectivity index (χ0v) is 11.6. The number of para-hydroxylation sites is 2. The summed E-state index contributed by atoms with van der Waals surface area (Å²) in [5, 5.41) is 3.57. The summed E-state index contributed by atoms with van der Waals surface area (Å²) in [6.45, 7) is 0. The van der Waals surface area contributed by atoms with Crippen LogP contribution in [0.2, 0.25) is 0 Å². The minimum atomic E-state index is 0.115. The molecule has 2 nitrogen and oxygen atoms in total. The molecule has 0 aromatic heterocycles. The van der Waals surface area contributed by atoms with Gasteiger partial charge in [0, 0.05) is 5.69 Å². The van der Waals surface area contributed by atoms with E-state index in [1.165, 1.54) is 22.9 Å². The van der Waals surface area contributed by atoms with Crippen LogP contribution in [0.25, 0.3) is 0 Å². The Morgan fingerprint density at radius 1 is 1.05 bits per heavy atom. The molecule has 1 aliphatic heterocycles. The van der Waals surface area contributed by atoms with E-state index in [1.807, 2.05) is 24.5 Å². The van der Waals surface area contributed by atoms with E-state index in [2.05, 4.69) is 29.6 Å². The number of aryl methyl sites for hydroxylation is 2. The van der Waals surface area contributed by atoms with E-state index in [-0.39, 0.29) is 5.12 Å². The summed E-state index contributed by atoms with van der Waals surface area (Å²) in [7, 11) is 0. The minimum absolute atomic E-state index is 0.115. The van der Waals surface area contributed by atoms with E-state index < -0.39 is 0 Å². The molecule has 3 rings (SSSR count). The van der Waals surface area contributed by atoms with Gasteiger partial charge in [0.25, 0.3) is 0 Å². The summed E-state index contributed by atoms with van der Waals surface area (Å²) in [5.74, 6) is 0. The molecule has 0 aliphatic carbocycles. The first-order chi connectivity index (χ1) is 9.29. The highest BCUT2D eigenvalue weighted by molar-refractivity contribution is 8.13. The van der Waals surface area contributed by atoms with Crippen LogP contribution in [0.3, 0.4) is 0 Å². The summed E-state index contributed by atoms with van der Waals surface area (Å²) in [6, 6.07) is 14.3. The Kier molecular flexibility index (Phi) is 3.30. The Morgan fingerprint density at radius 3 is 2.63 bits per heavy atom. The number of nitrogens with one attached hydrogen (secondary N) is 1. The first kappa shape index (κ1) is 12.3. The summed E-state index contributed by atoms with van der Waals surface area (Å²) in [6.07, 6.45) is 3.80. The lowest BCUT2D eigenvalue weighted by Crippen LogP contribution is -2.02. The second kappa shape index (κ2) is 5.10. The molecule has 19 heavy (non-hydrogen) atoms. The Labute approximate surface area is 117 Å². The second-order valence-electron chi connectivity index (χ2n) is 4.61. The van der Waals surface area contributed by atoms with Crippen LogP contribution < -0.4 is 5.32 Å². The lowest BCUT2D eigenvalue weighted by atomic mass is 10.0. The third kappa shape index (κ3) is 2.26. The van der Waals surface area contributed by atoms with Crippen LogP contribution in [-0.4, -0.2) is 11.4 Å². The van der Waals surface area contributed by atoms with Crippen molar-refractivity contribution in [3.05, 3.63) is 59.2 Å². The Morgan fingerprint density at radius 2 is 1.79 bits per heavy atom. The molecule has 1 aliphatic rings. The number of hydrogen-bond acceptors (Lipinski definition) is 3. The maximum absolute atomic E-state index is 12.0. The fourth-order valence-electron chi connectivity index (χ4n) is 2.50. The van der Waals surface area contributed by atoms with Crippen molar-refractivity contribution in [3.8, 4) is 0 Å². The molecular weight excluding hydrogens is 254 g/mol. The summed E-state index contributed by atoms with van der Waals surface area (Å²) in [4.78, 5) is 12.0.